The summed E-state index contributed by atoms with van der Waals surface area (Å²) < 4.78 is 26.7. The Labute approximate surface area is 109 Å². The van der Waals surface area contributed by atoms with Crippen LogP contribution in [0.4, 0.5) is 0 Å². The molecule has 3 nitrogen and oxygen atoms in total. The van der Waals surface area contributed by atoms with Crippen molar-refractivity contribution in [3.63, 3.8) is 0 Å². The van der Waals surface area contributed by atoms with Crippen LogP contribution < -0.4 is 0 Å². The molecule has 0 atom stereocenters. The van der Waals surface area contributed by atoms with Crippen LogP contribution in [0.5, 0.6) is 0 Å². The number of aryl methyl sites for hydroxylation is 1. The molecule has 0 saturated heterocycles. The molecule has 1 aliphatic carbocycles. The molecule has 0 unspecified atom stereocenters. The van der Waals surface area contributed by atoms with Gasteiger partial charge in [0, 0.05) is 12.6 Å². The van der Waals surface area contributed by atoms with Crippen molar-refractivity contribution in [2.45, 2.75) is 37.1 Å². The first-order valence-electron chi connectivity index (χ1n) is 6.25. The van der Waals surface area contributed by atoms with Gasteiger partial charge in [0.1, 0.15) is 0 Å². The lowest BCUT2D eigenvalue weighted by Crippen LogP contribution is -2.33. The summed E-state index contributed by atoms with van der Waals surface area (Å²) in [4.78, 5) is 0.393. The first-order chi connectivity index (χ1) is 8.55. The number of nitrogens with zero attached hydrogens (tertiary/aromatic N) is 1. The maximum atomic E-state index is 12.5. The van der Waals surface area contributed by atoms with Gasteiger partial charge in [-0.25, -0.2) is 8.42 Å². The average Bonchev–Trinajstić information content (AvgIpc) is 3.14. The zero-order valence-corrected chi connectivity index (χ0v) is 11.5. The number of rotatable bonds is 6. The van der Waals surface area contributed by atoms with Crippen molar-refractivity contribution in [3.05, 3.63) is 42.5 Å². The molecule has 1 aliphatic rings. The molecule has 18 heavy (non-hydrogen) atoms. The van der Waals surface area contributed by atoms with E-state index in [2.05, 4.69) is 6.58 Å². The summed E-state index contributed by atoms with van der Waals surface area (Å²) in [5.41, 5.74) is 1.07. The van der Waals surface area contributed by atoms with Gasteiger partial charge in [0.05, 0.1) is 4.90 Å². The smallest absolute Gasteiger partial charge is 0.207 e. The van der Waals surface area contributed by atoms with Gasteiger partial charge >= 0.3 is 0 Å². The van der Waals surface area contributed by atoms with Crippen LogP contribution in [0.15, 0.2) is 41.8 Å². The molecular formula is C14H19NO2S. The lowest BCUT2D eigenvalue weighted by atomic mass is 10.2. The highest BCUT2D eigenvalue weighted by Gasteiger charge is 2.37. The predicted molar refractivity (Wildman–Crippen MR) is 72.9 cm³/mol. The van der Waals surface area contributed by atoms with Crippen LogP contribution in [0.2, 0.25) is 0 Å². The second-order valence-corrected chi connectivity index (χ2v) is 6.63. The molecule has 0 heterocycles. The third-order valence-electron chi connectivity index (χ3n) is 3.14. The Morgan fingerprint density at radius 2 is 1.94 bits per heavy atom. The first-order valence-corrected chi connectivity index (χ1v) is 7.69. The molecular weight excluding hydrogens is 246 g/mol. The van der Waals surface area contributed by atoms with E-state index in [4.69, 9.17) is 0 Å². The average molecular weight is 265 g/mol. The van der Waals surface area contributed by atoms with Crippen molar-refractivity contribution in [1.82, 2.24) is 4.31 Å². The zero-order chi connectivity index (χ0) is 13.2. The first kappa shape index (κ1) is 13.3. The molecule has 1 saturated carbocycles. The van der Waals surface area contributed by atoms with E-state index in [0.29, 0.717) is 17.9 Å². The molecule has 1 aromatic carbocycles. The van der Waals surface area contributed by atoms with Gasteiger partial charge in [-0.15, -0.1) is 6.58 Å². The van der Waals surface area contributed by atoms with Gasteiger partial charge in [0.25, 0.3) is 0 Å². The van der Waals surface area contributed by atoms with Crippen molar-refractivity contribution >= 4 is 10.0 Å². The summed E-state index contributed by atoms with van der Waals surface area (Å²) in [7, 11) is -3.34. The van der Waals surface area contributed by atoms with Crippen LogP contribution in [0.3, 0.4) is 0 Å². The molecule has 0 N–H and O–H groups in total. The van der Waals surface area contributed by atoms with Crippen molar-refractivity contribution in [1.29, 1.82) is 0 Å². The summed E-state index contributed by atoms with van der Waals surface area (Å²) in [6.07, 6.45) is 4.41. The fourth-order valence-electron chi connectivity index (χ4n) is 1.93. The van der Waals surface area contributed by atoms with Gasteiger partial charge in [-0.3, -0.25) is 0 Å². The van der Waals surface area contributed by atoms with E-state index >= 15 is 0 Å². The Morgan fingerprint density at radius 1 is 1.33 bits per heavy atom. The van der Waals surface area contributed by atoms with Gasteiger partial charge in [-0.2, -0.15) is 4.31 Å². The van der Waals surface area contributed by atoms with Crippen LogP contribution in [0.25, 0.3) is 0 Å². The number of sulfonamides is 1. The van der Waals surface area contributed by atoms with E-state index in [0.717, 1.165) is 18.4 Å². The molecule has 2 rings (SSSR count). The summed E-state index contributed by atoms with van der Waals surface area (Å²) >= 11 is 0. The largest absolute Gasteiger partial charge is 0.243 e. The normalized spacial score (nSPS) is 15.9. The molecule has 0 bridgehead atoms. The van der Waals surface area contributed by atoms with E-state index in [1.165, 1.54) is 0 Å². The van der Waals surface area contributed by atoms with Crippen molar-refractivity contribution in [2.24, 2.45) is 0 Å². The van der Waals surface area contributed by atoms with Gasteiger partial charge in [0.2, 0.25) is 10.0 Å². The molecule has 98 valence electrons. The minimum Gasteiger partial charge on any atom is -0.207 e. The highest BCUT2D eigenvalue weighted by molar-refractivity contribution is 7.89. The zero-order valence-electron chi connectivity index (χ0n) is 10.7. The number of hydrogen-bond donors (Lipinski definition) is 0. The van der Waals surface area contributed by atoms with E-state index in [9.17, 15) is 8.42 Å². The second kappa shape index (κ2) is 5.24. The van der Waals surface area contributed by atoms with E-state index in [1.54, 1.807) is 22.5 Å². The third kappa shape index (κ3) is 2.82. The van der Waals surface area contributed by atoms with Crippen LogP contribution >= 0.6 is 0 Å². The number of benzene rings is 1. The van der Waals surface area contributed by atoms with E-state index in [1.807, 2.05) is 19.1 Å². The van der Waals surface area contributed by atoms with Crippen molar-refractivity contribution < 1.29 is 8.42 Å². The molecule has 0 aromatic heterocycles. The van der Waals surface area contributed by atoms with Crippen LogP contribution in [0, 0.1) is 6.92 Å². The van der Waals surface area contributed by atoms with Gasteiger partial charge in [0.15, 0.2) is 0 Å². The van der Waals surface area contributed by atoms with Crippen LogP contribution in [-0.4, -0.2) is 25.3 Å². The van der Waals surface area contributed by atoms with E-state index in [-0.39, 0.29) is 6.04 Å². The monoisotopic (exact) mass is 265 g/mol. The van der Waals surface area contributed by atoms with E-state index < -0.39 is 10.0 Å². The Bertz CT molecular complexity index is 515. The SMILES string of the molecule is C=CCCN(C1CC1)S(=O)(=O)c1ccc(C)cc1. The molecule has 0 spiro atoms. The predicted octanol–water partition coefficient (Wildman–Crippen LogP) is 2.72. The Hall–Kier alpha value is -1.13. The van der Waals surface area contributed by atoms with Crippen molar-refractivity contribution in [3.8, 4) is 0 Å². The minimum absolute atomic E-state index is 0.191. The van der Waals surface area contributed by atoms with Gasteiger partial charge < -0.3 is 0 Å². The molecule has 0 aliphatic heterocycles. The number of hydrogen-bond acceptors (Lipinski definition) is 2. The Balaban J connectivity index is 2.26. The summed E-state index contributed by atoms with van der Waals surface area (Å²) in [6.45, 7) is 6.14. The standard InChI is InChI=1S/C14H19NO2S/c1-3-4-11-15(13-7-8-13)18(16,17)14-9-5-12(2)6-10-14/h3,5-6,9-10,13H,1,4,7-8,11H2,2H3. The van der Waals surface area contributed by atoms with Gasteiger partial charge in [-0.1, -0.05) is 23.8 Å². The van der Waals surface area contributed by atoms with Gasteiger partial charge in [-0.05, 0) is 38.3 Å². The quantitative estimate of drug-likeness (QED) is 0.742. The fourth-order valence-corrected chi connectivity index (χ4v) is 3.63. The highest BCUT2D eigenvalue weighted by Crippen LogP contribution is 2.32. The Kier molecular flexibility index (Phi) is 3.88. The lowest BCUT2D eigenvalue weighted by Gasteiger charge is -2.21. The third-order valence-corrected chi connectivity index (χ3v) is 5.10. The topological polar surface area (TPSA) is 37.4 Å². The fraction of sp³-hybridized carbons (Fsp3) is 0.429. The van der Waals surface area contributed by atoms with Crippen LogP contribution in [-0.2, 0) is 10.0 Å². The maximum Gasteiger partial charge on any atom is 0.243 e. The summed E-state index contributed by atoms with van der Waals surface area (Å²) in [5.74, 6) is 0. The Morgan fingerprint density at radius 3 is 2.44 bits per heavy atom. The molecule has 1 fully saturated rings. The highest BCUT2D eigenvalue weighted by atomic mass is 32.2. The van der Waals surface area contributed by atoms with Crippen molar-refractivity contribution in [2.75, 3.05) is 6.54 Å². The maximum absolute atomic E-state index is 12.5. The molecule has 0 amide bonds. The summed E-state index contributed by atoms with van der Waals surface area (Å²) in [6, 6.07) is 7.25. The molecule has 0 radical (unpaired) electrons. The van der Waals surface area contributed by atoms with Crippen LogP contribution in [0.1, 0.15) is 24.8 Å². The second-order valence-electron chi connectivity index (χ2n) is 4.74. The molecule has 4 heteroatoms. The summed E-state index contributed by atoms with van der Waals surface area (Å²) in [5, 5.41) is 0. The lowest BCUT2D eigenvalue weighted by molar-refractivity contribution is 0.409. The molecule has 1 aromatic rings. The minimum atomic E-state index is -3.34.